The molecular formula is C19H25NO3S. The highest BCUT2D eigenvalue weighted by atomic mass is 32.2. The number of benzene rings is 2. The van der Waals surface area contributed by atoms with Gasteiger partial charge in [-0.1, -0.05) is 54.4 Å². The largest absolute Gasteiger partial charge is 0.396 e. The number of nitrogens with one attached hydrogen (secondary N) is 1. The van der Waals surface area contributed by atoms with E-state index in [9.17, 15) is 13.5 Å². The van der Waals surface area contributed by atoms with E-state index in [2.05, 4.69) is 4.72 Å². The van der Waals surface area contributed by atoms with Crippen molar-refractivity contribution >= 4 is 10.0 Å². The molecule has 0 aliphatic carbocycles. The molecule has 0 aromatic heterocycles. The molecule has 0 unspecified atom stereocenters. The van der Waals surface area contributed by atoms with Crippen LogP contribution in [0.25, 0.3) is 0 Å². The molecule has 0 bridgehead atoms. The van der Waals surface area contributed by atoms with Crippen LogP contribution in [-0.4, -0.2) is 20.1 Å². The number of hydrogen-bond donors (Lipinski definition) is 2. The first-order valence-electron chi connectivity index (χ1n) is 8.13. The summed E-state index contributed by atoms with van der Waals surface area (Å²) in [5, 5.41) is 9.70. The predicted molar refractivity (Wildman–Crippen MR) is 96.3 cm³/mol. The van der Waals surface area contributed by atoms with Crippen LogP contribution in [0.3, 0.4) is 0 Å². The van der Waals surface area contributed by atoms with Crippen molar-refractivity contribution < 1.29 is 13.5 Å². The van der Waals surface area contributed by atoms with Crippen molar-refractivity contribution in [3.8, 4) is 0 Å². The molecule has 5 heteroatoms. The van der Waals surface area contributed by atoms with Crippen LogP contribution in [-0.2, 0) is 10.0 Å². The van der Waals surface area contributed by atoms with Crippen molar-refractivity contribution in [1.29, 1.82) is 0 Å². The monoisotopic (exact) mass is 347 g/mol. The average Bonchev–Trinajstić information content (AvgIpc) is 2.55. The Bertz CT molecular complexity index is 765. The lowest BCUT2D eigenvalue weighted by molar-refractivity contribution is 0.195. The molecule has 2 N–H and O–H groups in total. The normalized spacial score (nSPS) is 14.3. The molecule has 0 aliphatic rings. The molecule has 2 aromatic rings. The summed E-state index contributed by atoms with van der Waals surface area (Å²) in [5.74, 6) is -0.188. The van der Waals surface area contributed by atoms with Gasteiger partial charge in [0.05, 0.1) is 10.9 Å². The van der Waals surface area contributed by atoms with E-state index in [1.54, 1.807) is 24.3 Å². The summed E-state index contributed by atoms with van der Waals surface area (Å²) in [5.41, 5.74) is 2.93. The Morgan fingerprint density at radius 3 is 2.25 bits per heavy atom. The van der Waals surface area contributed by atoms with Crippen LogP contribution in [0.5, 0.6) is 0 Å². The van der Waals surface area contributed by atoms with Crippen molar-refractivity contribution in [3.05, 3.63) is 65.2 Å². The Morgan fingerprint density at radius 1 is 1.04 bits per heavy atom. The maximum Gasteiger partial charge on any atom is 0.241 e. The van der Waals surface area contributed by atoms with Crippen LogP contribution < -0.4 is 4.72 Å². The van der Waals surface area contributed by atoms with Gasteiger partial charge in [0.25, 0.3) is 0 Å². The summed E-state index contributed by atoms with van der Waals surface area (Å²) >= 11 is 0. The molecule has 0 saturated carbocycles. The number of aryl methyl sites for hydroxylation is 2. The Labute approximate surface area is 144 Å². The molecule has 0 amide bonds. The standard InChI is InChI=1S/C19H25NO3S/c1-4-16(13-21)19(17-7-5-6-15(3)12-17)20-24(22,23)18-10-8-14(2)9-11-18/h5-12,16,19-21H,4,13H2,1-3H3/t16-,19-/m0/s1. The van der Waals surface area contributed by atoms with E-state index in [4.69, 9.17) is 0 Å². The first-order chi connectivity index (χ1) is 11.4. The smallest absolute Gasteiger partial charge is 0.241 e. The van der Waals surface area contributed by atoms with E-state index in [0.717, 1.165) is 16.7 Å². The SMILES string of the molecule is CC[C@@H](CO)[C@H](NS(=O)(=O)c1ccc(C)cc1)c1cccc(C)c1. The lowest BCUT2D eigenvalue weighted by Gasteiger charge is -2.26. The Hall–Kier alpha value is -1.69. The van der Waals surface area contributed by atoms with E-state index in [-0.39, 0.29) is 17.4 Å². The van der Waals surface area contributed by atoms with Gasteiger partial charge in [0.2, 0.25) is 10.0 Å². The van der Waals surface area contributed by atoms with Gasteiger partial charge in [-0.15, -0.1) is 0 Å². The number of aliphatic hydroxyl groups is 1. The van der Waals surface area contributed by atoms with E-state index in [1.165, 1.54) is 0 Å². The molecule has 0 heterocycles. The first-order valence-corrected chi connectivity index (χ1v) is 9.62. The van der Waals surface area contributed by atoms with Gasteiger partial charge in [-0.05, 0) is 38.0 Å². The Morgan fingerprint density at radius 2 is 1.71 bits per heavy atom. The maximum atomic E-state index is 12.8. The number of rotatable bonds is 7. The minimum Gasteiger partial charge on any atom is -0.396 e. The zero-order valence-electron chi connectivity index (χ0n) is 14.4. The minimum absolute atomic E-state index is 0.0779. The van der Waals surface area contributed by atoms with Gasteiger partial charge in [-0.3, -0.25) is 0 Å². The molecule has 0 fully saturated rings. The summed E-state index contributed by atoms with van der Waals surface area (Å²) < 4.78 is 28.3. The third kappa shape index (κ3) is 4.44. The quantitative estimate of drug-likeness (QED) is 0.807. The maximum absolute atomic E-state index is 12.8. The van der Waals surface area contributed by atoms with Gasteiger partial charge in [-0.2, -0.15) is 0 Å². The van der Waals surface area contributed by atoms with Crippen molar-refractivity contribution in [2.45, 2.75) is 38.1 Å². The summed E-state index contributed by atoms with van der Waals surface area (Å²) in [4.78, 5) is 0.235. The molecule has 4 nitrogen and oxygen atoms in total. The third-order valence-electron chi connectivity index (χ3n) is 4.24. The van der Waals surface area contributed by atoms with E-state index >= 15 is 0 Å². The number of sulfonamides is 1. The number of aliphatic hydroxyl groups excluding tert-OH is 1. The molecule has 2 atom stereocenters. The zero-order valence-corrected chi connectivity index (χ0v) is 15.2. The molecule has 130 valence electrons. The van der Waals surface area contributed by atoms with Gasteiger partial charge in [0.15, 0.2) is 0 Å². The highest BCUT2D eigenvalue weighted by Crippen LogP contribution is 2.27. The average molecular weight is 347 g/mol. The summed E-state index contributed by atoms with van der Waals surface area (Å²) in [7, 11) is -3.66. The molecule has 0 spiro atoms. The summed E-state index contributed by atoms with van der Waals surface area (Å²) in [6.45, 7) is 5.75. The van der Waals surface area contributed by atoms with Crippen LogP contribution in [0.2, 0.25) is 0 Å². The molecular weight excluding hydrogens is 322 g/mol. The minimum atomic E-state index is -3.66. The first kappa shape index (κ1) is 18.6. The zero-order chi connectivity index (χ0) is 17.7. The fourth-order valence-corrected chi connectivity index (χ4v) is 4.02. The summed E-state index contributed by atoms with van der Waals surface area (Å²) in [6, 6.07) is 14.0. The third-order valence-corrected chi connectivity index (χ3v) is 5.70. The van der Waals surface area contributed by atoms with E-state index in [1.807, 2.05) is 45.0 Å². The topological polar surface area (TPSA) is 66.4 Å². The van der Waals surface area contributed by atoms with Gasteiger partial charge in [0, 0.05) is 12.5 Å². The van der Waals surface area contributed by atoms with Crippen LogP contribution in [0.15, 0.2) is 53.4 Å². The second-order valence-corrected chi connectivity index (χ2v) is 7.89. The molecule has 0 aliphatic heterocycles. The highest BCUT2D eigenvalue weighted by molar-refractivity contribution is 7.89. The van der Waals surface area contributed by atoms with E-state index < -0.39 is 16.1 Å². The second kappa shape index (κ2) is 7.92. The molecule has 2 aromatic carbocycles. The van der Waals surface area contributed by atoms with E-state index in [0.29, 0.717) is 6.42 Å². The van der Waals surface area contributed by atoms with Crippen molar-refractivity contribution in [1.82, 2.24) is 4.72 Å². The van der Waals surface area contributed by atoms with Crippen LogP contribution in [0, 0.1) is 19.8 Å². The summed E-state index contributed by atoms with van der Waals surface area (Å²) in [6.07, 6.45) is 0.672. The number of hydrogen-bond acceptors (Lipinski definition) is 3. The van der Waals surface area contributed by atoms with Crippen molar-refractivity contribution in [2.24, 2.45) is 5.92 Å². The van der Waals surface area contributed by atoms with Crippen LogP contribution in [0.4, 0.5) is 0 Å². The molecule has 24 heavy (non-hydrogen) atoms. The lowest BCUT2D eigenvalue weighted by atomic mass is 9.91. The fraction of sp³-hybridized carbons (Fsp3) is 0.368. The van der Waals surface area contributed by atoms with Gasteiger partial charge in [0.1, 0.15) is 0 Å². The highest BCUT2D eigenvalue weighted by Gasteiger charge is 2.27. The van der Waals surface area contributed by atoms with Crippen LogP contribution in [0.1, 0.15) is 36.1 Å². The Balaban J connectivity index is 2.39. The molecule has 2 rings (SSSR count). The van der Waals surface area contributed by atoms with Crippen molar-refractivity contribution in [2.75, 3.05) is 6.61 Å². The Kier molecular flexibility index (Phi) is 6.15. The van der Waals surface area contributed by atoms with Gasteiger partial charge < -0.3 is 5.11 Å². The lowest BCUT2D eigenvalue weighted by Crippen LogP contribution is -2.34. The van der Waals surface area contributed by atoms with Crippen LogP contribution >= 0.6 is 0 Å². The van der Waals surface area contributed by atoms with Gasteiger partial charge >= 0.3 is 0 Å². The molecule has 0 radical (unpaired) electrons. The predicted octanol–water partition coefficient (Wildman–Crippen LogP) is 3.34. The molecule has 0 saturated heterocycles. The van der Waals surface area contributed by atoms with Crippen molar-refractivity contribution in [3.63, 3.8) is 0 Å². The fourth-order valence-electron chi connectivity index (χ4n) is 2.72. The second-order valence-electron chi connectivity index (χ2n) is 6.18. The van der Waals surface area contributed by atoms with Gasteiger partial charge in [-0.25, -0.2) is 13.1 Å².